The maximum atomic E-state index is 11.3. The summed E-state index contributed by atoms with van der Waals surface area (Å²) in [7, 11) is 1.33. The molecule has 1 aromatic heterocycles. The molecule has 0 saturated carbocycles. The van der Waals surface area contributed by atoms with Gasteiger partial charge in [0.2, 0.25) is 0 Å². The SMILES string of the molecule is COC(=O)/C=C/c1nc(CCl)ccc1OCCCCc1ccccc1. The quantitative estimate of drug-likeness (QED) is 0.288. The Hall–Kier alpha value is -2.33. The Morgan fingerprint density at radius 1 is 1.16 bits per heavy atom. The van der Waals surface area contributed by atoms with E-state index in [0.29, 0.717) is 23.9 Å². The summed E-state index contributed by atoms with van der Waals surface area (Å²) < 4.78 is 10.4. The molecule has 2 aromatic rings. The average molecular weight is 360 g/mol. The van der Waals surface area contributed by atoms with Crippen LogP contribution in [0.4, 0.5) is 0 Å². The second-order valence-electron chi connectivity index (χ2n) is 5.47. The van der Waals surface area contributed by atoms with Gasteiger partial charge in [-0.25, -0.2) is 9.78 Å². The van der Waals surface area contributed by atoms with Gasteiger partial charge in [-0.15, -0.1) is 11.6 Å². The lowest BCUT2D eigenvalue weighted by Gasteiger charge is -2.10. The zero-order chi connectivity index (χ0) is 17.9. The Kier molecular flexibility index (Phi) is 7.99. The molecule has 2 rings (SSSR count). The van der Waals surface area contributed by atoms with Gasteiger partial charge in [0, 0.05) is 6.08 Å². The maximum Gasteiger partial charge on any atom is 0.330 e. The largest absolute Gasteiger partial charge is 0.491 e. The van der Waals surface area contributed by atoms with Crippen molar-refractivity contribution in [2.24, 2.45) is 0 Å². The highest BCUT2D eigenvalue weighted by atomic mass is 35.5. The molecule has 0 N–H and O–H groups in total. The number of aryl methyl sites for hydroxylation is 1. The van der Waals surface area contributed by atoms with Crippen LogP contribution in [0.25, 0.3) is 6.08 Å². The molecule has 0 spiro atoms. The van der Waals surface area contributed by atoms with E-state index in [2.05, 4.69) is 34.0 Å². The van der Waals surface area contributed by atoms with Gasteiger partial charge in [-0.05, 0) is 43.0 Å². The van der Waals surface area contributed by atoms with Gasteiger partial charge < -0.3 is 9.47 Å². The number of rotatable bonds is 9. The first-order valence-electron chi connectivity index (χ1n) is 8.21. The van der Waals surface area contributed by atoms with Gasteiger partial charge in [0.05, 0.1) is 25.3 Å². The van der Waals surface area contributed by atoms with Crippen molar-refractivity contribution in [3.05, 3.63) is 65.5 Å². The Bertz CT molecular complexity index is 701. The fourth-order valence-electron chi connectivity index (χ4n) is 2.29. The van der Waals surface area contributed by atoms with E-state index in [9.17, 15) is 4.79 Å². The van der Waals surface area contributed by atoms with Crippen molar-refractivity contribution in [3.8, 4) is 5.75 Å². The number of unbranched alkanes of at least 4 members (excludes halogenated alkanes) is 1. The van der Waals surface area contributed by atoms with E-state index in [1.54, 1.807) is 6.08 Å². The van der Waals surface area contributed by atoms with Crippen molar-refractivity contribution in [2.45, 2.75) is 25.1 Å². The normalized spacial score (nSPS) is 10.8. The van der Waals surface area contributed by atoms with Crippen molar-refractivity contribution in [1.29, 1.82) is 0 Å². The molecule has 0 aliphatic rings. The van der Waals surface area contributed by atoms with Gasteiger partial charge in [-0.1, -0.05) is 30.3 Å². The van der Waals surface area contributed by atoms with Gasteiger partial charge in [0.15, 0.2) is 0 Å². The minimum absolute atomic E-state index is 0.302. The maximum absolute atomic E-state index is 11.3. The number of alkyl halides is 1. The second kappa shape index (κ2) is 10.5. The molecule has 25 heavy (non-hydrogen) atoms. The molecule has 1 aromatic carbocycles. The molecule has 0 amide bonds. The van der Waals surface area contributed by atoms with Crippen LogP contribution in [-0.4, -0.2) is 24.7 Å². The number of hydrogen-bond donors (Lipinski definition) is 0. The summed E-state index contributed by atoms with van der Waals surface area (Å²) in [6, 6.07) is 14.0. The van der Waals surface area contributed by atoms with E-state index in [-0.39, 0.29) is 0 Å². The number of benzene rings is 1. The Morgan fingerprint density at radius 2 is 1.96 bits per heavy atom. The summed E-state index contributed by atoms with van der Waals surface area (Å²) in [4.78, 5) is 15.7. The molecule has 5 heteroatoms. The van der Waals surface area contributed by atoms with Crippen LogP contribution in [0, 0.1) is 0 Å². The van der Waals surface area contributed by atoms with Crippen LogP contribution in [0.2, 0.25) is 0 Å². The van der Waals surface area contributed by atoms with Crippen LogP contribution >= 0.6 is 11.6 Å². The lowest BCUT2D eigenvalue weighted by Crippen LogP contribution is -2.02. The first-order chi connectivity index (χ1) is 12.2. The van der Waals surface area contributed by atoms with Crippen molar-refractivity contribution in [1.82, 2.24) is 4.98 Å². The number of carbonyl (C=O) groups excluding carboxylic acids is 1. The number of methoxy groups -OCH3 is 1. The van der Waals surface area contributed by atoms with Crippen LogP contribution in [0.15, 0.2) is 48.5 Å². The number of hydrogen-bond acceptors (Lipinski definition) is 4. The third kappa shape index (κ3) is 6.59. The summed E-state index contributed by atoms with van der Waals surface area (Å²) >= 11 is 5.83. The van der Waals surface area contributed by atoms with Crippen LogP contribution in [-0.2, 0) is 21.8 Å². The molecule has 0 saturated heterocycles. The minimum Gasteiger partial charge on any atom is -0.491 e. The standard InChI is InChI=1S/C20H22ClNO3/c1-24-20(23)13-11-18-19(12-10-17(15-21)22-18)25-14-6-5-9-16-7-3-2-4-8-16/h2-4,7-8,10-13H,5-6,9,14-15H2,1H3/b13-11+. The van der Waals surface area contributed by atoms with Crippen molar-refractivity contribution in [2.75, 3.05) is 13.7 Å². The monoisotopic (exact) mass is 359 g/mol. The Balaban J connectivity index is 1.89. The number of halogens is 1. The number of nitrogens with zero attached hydrogens (tertiary/aromatic N) is 1. The van der Waals surface area contributed by atoms with Gasteiger partial charge >= 0.3 is 5.97 Å². The lowest BCUT2D eigenvalue weighted by atomic mass is 10.1. The third-order valence-corrected chi connectivity index (χ3v) is 3.89. The molecule has 0 aliphatic carbocycles. The molecule has 0 unspecified atom stereocenters. The number of ether oxygens (including phenoxy) is 2. The van der Waals surface area contributed by atoms with E-state index in [1.165, 1.54) is 18.7 Å². The predicted molar refractivity (Wildman–Crippen MR) is 99.7 cm³/mol. The summed E-state index contributed by atoms with van der Waals surface area (Å²) in [5, 5.41) is 0. The molecular formula is C20H22ClNO3. The first kappa shape index (κ1) is 19.0. The zero-order valence-corrected chi connectivity index (χ0v) is 15.0. The minimum atomic E-state index is -0.438. The van der Waals surface area contributed by atoms with Crippen molar-refractivity contribution in [3.63, 3.8) is 0 Å². The Labute approximate surface area is 153 Å². The molecule has 0 bridgehead atoms. The van der Waals surface area contributed by atoms with E-state index in [1.807, 2.05) is 18.2 Å². The second-order valence-corrected chi connectivity index (χ2v) is 5.73. The predicted octanol–water partition coefficient (Wildman–Crippen LogP) is 4.41. The summed E-state index contributed by atoms with van der Waals surface area (Å²) in [6.07, 6.45) is 5.92. The fourth-order valence-corrected chi connectivity index (χ4v) is 2.44. The summed E-state index contributed by atoms with van der Waals surface area (Å²) in [5.41, 5.74) is 2.63. The van der Waals surface area contributed by atoms with Crippen LogP contribution in [0.3, 0.4) is 0 Å². The van der Waals surface area contributed by atoms with E-state index >= 15 is 0 Å². The van der Waals surface area contributed by atoms with Crippen LogP contribution in [0.5, 0.6) is 5.75 Å². The molecule has 0 fully saturated rings. The molecule has 0 radical (unpaired) electrons. The third-order valence-electron chi connectivity index (χ3n) is 3.62. The first-order valence-corrected chi connectivity index (χ1v) is 8.75. The highest BCUT2D eigenvalue weighted by Crippen LogP contribution is 2.20. The average Bonchev–Trinajstić information content (AvgIpc) is 2.67. The highest BCUT2D eigenvalue weighted by Gasteiger charge is 2.06. The fraction of sp³-hybridized carbons (Fsp3) is 0.300. The molecule has 0 atom stereocenters. The smallest absolute Gasteiger partial charge is 0.330 e. The van der Waals surface area contributed by atoms with Gasteiger partial charge in [-0.3, -0.25) is 0 Å². The topological polar surface area (TPSA) is 48.4 Å². The number of esters is 1. The highest BCUT2D eigenvalue weighted by molar-refractivity contribution is 6.16. The summed E-state index contributed by atoms with van der Waals surface area (Å²) in [5.74, 6) is 0.497. The van der Waals surface area contributed by atoms with E-state index in [0.717, 1.165) is 25.0 Å². The summed E-state index contributed by atoms with van der Waals surface area (Å²) in [6.45, 7) is 0.591. The molecule has 132 valence electrons. The Morgan fingerprint density at radius 3 is 2.68 bits per heavy atom. The van der Waals surface area contributed by atoms with Gasteiger partial charge in [0.1, 0.15) is 11.4 Å². The van der Waals surface area contributed by atoms with Gasteiger partial charge in [-0.2, -0.15) is 0 Å². The number of pyridine rings is 1. The molecule has 0 aliphatic heterocycles. The zero-order valence-electron chi connectivity index (χ0n) is 14.3. The number of carbonyl (C=O) groups is 1. The number of aromatic nitrogens is 1. The molecular weight excluding hydrogens is 338 g/mol. The lowest BCUT2D eigenvalue weighted by molar-refractivity contribution is -0.134. The van der Waals surface area contributed by atoms with Crippen LogP contribution in [0.1, 0.15) is 29.8 Å². The van der Waals surface area contributed by atoms with Crippen molar-refractivity contribution >= 4 is 23.6 Å². The van der Waals surface area contributed by atoms with Gasteiger partial charge in [0.25, 0.3) is 0 Å². The van der Waals surface area contributed by atoms with E-state index < -0.39 is 5.97 Å². The van der Waals surface area contributed by atoms with Crippen LogP contribution < -0.4 is 4.74 Å². The molecule has 4 nitrogen and oxygen atoms in total. The van der Waals surface area contributed by atoms with E-state index in [4.69, 9.17) is 16.3 Å². The van der Waals surface area contributed by atoms with Crippen molar-refractivity contribution < 1.29 is 14.3 Å². The molecule has 1 heterocycles.